The van der Waals surface area contributed by atoms with Crippen molar-refractivity contribution in [3.05, 3.63) is 35.9 Å². The average Bonchev–Trinajstić information content (AvgIpc) is 2.33. The fraction of sp³-hybridized carbons (Fsp3) is 0.500. The van der Waals surface area contributed by atoms with Crippen LogP contribution in [-0.2, 0) is 6.54 Å². The monoisotopic (exact) mass is 250 g/mol. The van der Waals surface area contributed by atoms with E-state index in [0.29, 0.717) is 19.6 Å². The zero-order chi connectivity index (χ0) is 13.6. The number of hydrogen-bond acceptors (Lipinski definition) is 2. The summed E-state index contributed by atoms with van der Waals surface area (Å²) in [4.78, 5) is 13.5. The SMILES string of the molecule is CCN(CC(C)(C)O)C(=O)NCc1ccccc1. The Kier molecular flexibility index (Phi) is 5.16. The third-order valence-corrected chi connectivity index (χ3v) is 2.53. The van der Waals surface area contributed by atoms with Crippen molar-refractivity contribution in [1.82, 2.24) is 10.2 Å². The summed E-state index contributed by atoms with van der Waals surface area (Å²) in [7, 11) is 0. The summed E-state index contributed by atoms with van der Waals surface area (Å²) in [6.45, 7) is 6.69. The lowest BCUT2D eigenvalue weighted by molar-refractivity contribution is 0.0480. The molecule has 0 radical (unpaired) electrons. The maximum absolute atomic E-state index is 11.9. The molecule has 2 N–H and O–H groups in total. The van der Waals surface area contributed by atoms with E-state index in [1.165, 1.54) is 0 Å². The molecule has 4 nitrogen and oxygen atoms in total. The Hall–Kier alpha value is -1.55. The predicted molar refractivity (Wildman–Crippen MR) is 72.2 cm³/mol. The van der Waals surface area contributed by atoms with Crippen LogP contribution in [0, 0.1) is 0 Å². The van der Waals surface area contributed by atoms with Gasteiger partial charge in [0.15, 0.2) is 0 Å². The van der Waals surface area contributed by atoms with E-state index < -0.39 is 5.60 Å². The van der Waals surface area contributed by atoms with Gasteiger partial charge in [0, 0.05) is 13.1 Å². The van der Waals surface area contributed by atoms with Crippen LogP contribution in [0.2, 0.25) is 0 Å². The second-order valence-electron chi connectivity index (χ2n) is 4.97. The van der Waals surface area contributed by atoms with E-state index in [2.05, 4.69) is 5.32 Å². The first-order chi connectivity index (χ1) is 8.42. The van der Waals surface area contributed by atoms with Gasteiger partial charge in [-0.05, 0) is 26.3 Å². The minimum Gasteiger partial charge on any atom is -0.389 e. The summed E-state index contributed by atoms with van der Waals surface area (Å²) in [5.74, 6) is 0. The quantitative estimate of drug-likeness (QED) is 0.839. The smallest absolute Gasteiger partial charge is 0.317 e. The van der Waals surface area contributed by atoms with E-state index in [1.54, 1.807) is 18.7 Å². The first kappa shape index (κ1) is 14.5. The molecule has 0 aromatic heterocycles. The number of urea groups is 1. The standard InChI is InChI=1S/C14H22N2O2/c1-4-16(11-14(2,3)18)13(17)15-10-12-8-6-5-7-9-12/h5-9,18H,4,10-11H2,1-3H3,(H,15,17). The Morgan fingerprint density at radius 1 is 1.33 bits per heavy atom. The van der Waals surface area contributed by atoms with Crippen molar-refractivity contribution < 1.29 is 9.90 Å². The van der Waals surface area contributed by atoms with E-state index >= 15 is 0 Å². The molecule has 0 fully saturated rings. The van der Waals surface area contributed by atoms with Crippen LogP contribution in [0.25, 0.3) is 0 Å². The normalized spacial score (nSPS) is 11.1. The molecule has 1 aromatic rings. The Bertz CT molecular complexity index is 371. The van der Waals surface area contributed by atoms with Crippen LogP contribution >= 0.6 is 0 Å². The van der Waals surface area contributed by atoms with Crippen LogP contribution in [0.3, 0.4) is 0 Å². The molecule has 0 bridgehead atoms. The molecule has 0 unspecified atom stereocenters. The first-order valence-corrected chi connectivity index (χ1v) is 6.21. The van der Waals surface area contributed by atoms with Gasteiger partial charge in [0.05, 0.1) is 12.1 Å². The zero-order valence-corrected chi connectivity index (χ0v) is 11.3. The number of rotatable bonds is 5. The molecule has 0 aliphatic carbocycles. The Morgan fingerprint density at radius 2 is 1.94 bits per heavy atom. The molecule has 0 saturated heterocycles. The summed E-state index contributed by atoms with van der Waals surface area (Å²) in [6, 6.07) is 9.60. The van der Waals surface area contributed by atoms with E-state index in [4.69, 9.17) is 0 Å². The lowest BCUT2D eigenvalue weighted by Crippen LogP contribution is -2.46. The molecule has 0 aliphatic heterocycles. The molecular weight excluding hydrogens is 228 g/mol. The summed E-state index contributed by atoms with van der Waals surface area (Å²) >= 11 is 0. The number of hydrogen-bond donors (Lipinski definition) is 2. The van der Waals surface area contributed by atoms with Gasteiger partial charge in [0.25, 0.3) is 0 Å². The van der Waals surface area contributed by atoms with Gasteiger partial charge in [-0.1, -0.05) is 30.3 Å². The van der Waals surface area contributed by atoms with Gasteiger partial charge in [-0.3, -0.25) is 0 Å². The van der Waals surface area contributed by atoms with Gasteiger partial charge >= 0.3 is 6.03 Å². The van der Waals surface area contributed by atoms with Crippen molar-refractivity contribution in [3.8, 4) is 0 Å². The second kappa shape index (κ2) is 6.40. The van der Waals surface area contributed by atoms with Gasteiger partial charge in [0.1, 0.15) is 0 Å². The molecule has 0 spiro atoms. The molecule has 2 amide bonds. The minimum atomic E-state index is -0.875. The van der Waals surface area contributed by atoms with Crippen LogP contribution in [0.1, 0.15) is 26.3 Å². The third kappa shape index (κ3) is 5.19. The highest BCUT2D eigenvalue weighted by Gasteiger charge is 2.20. The van der Waals surface area contributed by atoms with Gasteiger partial charge in [-0.2, -0.15) is 0 Å². The zero-order valence-electron chi connectivity index (χ0n) is 11.3. The van der Waals surface area contributed by atoms with Crippen LogP contribution in [-0.4, -0.2) is 34.7 Å². The van der Waals surface area contributed by atoms with Crippen LogP contribution < -0.4 is 5.32 Å². The van der Waals surface area contributed by atoms with E-state index in [-0.39, 0.29) is 6.03 Å². The molecule has 1 aromatic carbocycles. The van der Waals surface area contributed by atoms with E-state index in [9.17, 15) is 9.90 Å². The molecule has 0 atom stereocenters. The Balaban J connectivity index is 2.48. The molecular formula is C14H22N2O2. The Labute approximate surface area is 109 Å². The van der Waals surface area contributed by atoms with Crippen molar-refractivity contribution >= 4 is 6.03 Å². The summed E-state index contributed by atoms with van der Waals surface area (Å²) in [6.07, 6.45) is 0. The van der Waals surface area contributed by atoms with Gasteiger partial charge < -0.3 is 15.3 Å². The van der Waals surface area contributed by atoms with Crippen molar-refractivity contribution in [3.63, 3.8) is 0 Å². The topological polar surface area (TPSA) is 52.6 Å². The van der Waals surface area contributed by atoms with Gasteiger partial charge in [-0.15, -0.1) is 0 Å². The van der Waals surface area contributed by atoms with Crippen molar-refractivity contribution in [1.29, 1.82) is 0 Å². The number of amides is 2. The van der Waals surface area contributed by atoms with E-state index in [1.807, 2.05) is 37.3 Å². The lowest BCUT2D eigenvalue weighted by Gasteiger charge is -2.28. The predicted octanol–water partition coefficient (Wildman–Crippen LogP) is 1.99. The molecule has 100 valence electrons. The fourth-order valence-electron chi connectivity index (χ4n) is 1.68. The number of carbonyl (C=O) groups is 1. The molecule has 1 rings (SSSR count). The number of nitrogens with zero attached hydrogens (tertiary/aromatic N) is 1. The van der Waals surface area contributed by atoms with E-state index in [0.717, 1.165) is 5.56 Å². The number of likely N-dealkylation sites (N-methyl/N-ethyl adjacent to an activating group) is 1. The first-order valence-electron chi connectivity index (χ1n) is 6.21. The summed E-state index contributed by atoms with van der Waals surface area (Å²) in [5, 5.41) is 12.6. The highest BCUT2D eigenvalue weighted by Crippen LogP contribution is 2.05. The molecule has 0 aliphatic rings. The van der Waals surface area contributed by atoms with Gasteiger partial charge in [-0.25, -0.2) is 4.79 Å². The highest BCUT2D eigenvalue weighted by atomic mass is 16.3. The molecule has 0 saturated carbocycles. The summed E-state index contributed by atoms with van der Waals surface area (Å²) < 4.78 is 0. The molecule has 4 heteroatoms. The van der Waals surface area contributed by atoms with Crippen molar-refractivity contribution in [2.75, 3.05) is 13.1 Å². The van der Waals surface area contributed by atoms with Crippen LogP contribution in [0.5, 0.6) is 0 Å². The fourth-order valence-corrected chi connectivity index (χ4v) is 1.68. The lowest BCUT2D eigenvalue weighted by atomic mass is 10.1. The number of carbonyl (C=O) groups excluding carboxylic acids is 1. The highest BCUT2D eigenvalue weighted by molar-refractivity contribution is 5.74. The molecule has 18 heavy (non-hydrogen) atoms. The summed E-state index contributed by atoms with van der Waals surface area (Å²) in [5.41, 5.74) is 0.185. The van der Waals surface area contributed by atoms with Crippen molar-refractivity contribution in [2.45, 2.75) is 32.9 Å². The minimum absolute atomic E-state index is 0.150. The van der Waals surface area contributed by atoms with Gasteiger partial charge in [0.2, 0.25) is 0 Å². The average molecular weight is 250 g/mol. The number of nitrogens with one attached hydrogen (secondary N) is 1. The van der Waals surface area contributed by atoms with Crippen LogP contribution in [0.4, 0.5) is 4.79 Å². The maximum Gasteiger partial charge on any atom is 0.317 e. The molecule has 0 heterocycles. The number of benzene rings is 1. The Morgan fingerprint density at radius 3 is 2.44 bits per heavy atom. The van der Waals surface area contributed by atoms with Crippen LogP contribution in [0.15, 0.2) is 30.3 Å². The van der Waals surface area contributed by atoms with Crippen molar-refractivity contribution in [2.24, 2.45) is 0 Å². The number of aliphatic hydroxyl groups is 1. The second-order valence-corrected chi connectivity index (χ2v) is 4.97. The largest absolute Gasteiger partial charge is 0.389 e. The third-order valence-electron chi connectivity index (χ3n) is 2.53. The maximum atomic E-state index is 11.9.